The number of nitrogens with one attached hydrogen (secondary N) is 1. The molecule has 128 valence electrons. The quantitative estimate of drug-likeness (QED) is 0.817. The Hall–Kier alpha value is -2.47. The molecular weight excluding hydrogens is 309 g/mol. The molecule has 2 aromatic rings. The van der Waals surface area contributed by atoms with Crippen LogP contribution < -0.4 is 15.8 Å². The molecule has 0 aliphatic heterocycles. The van der Waals surface area contributed by atoms with Crippen molar-refractivity contribution in [2.24, 2.45) is 11.7 Å². The summed E-state index contributed by atoms with van der Waals surface area (Å²) in [5.74, 6) is 0.542. The lowest BCUT2D eigenvalue weighted by Gasteiger charge is -2.17. The number of halogens is 1. The highest BCUT2D eigenvalue weighted by atomic mass is 19.1. The van der Waals surface area contributed by atoms with Crippen LogP contribution in [0, 0.1) is 11.7 Å². The second-order valence-corrected chi connectivity index (χ2v) is 5.69. The molecule has 0 aliphatic carbocycles. The van der Waals surface area contributed by atoms with E-state index < -0.39 is 6.04 Å². The number of aromatic nitrogens is 1. The molecule has 1 amide bonds. The van der Waals surface area contributed by atoms with Crippen LogP contribution in [0.3, 0.4) is 0 Å². The Balaban J connectivity index is 1.88. The Morgan fingerprint density at radius 3 is 2.58 bits per heavy atom. The highest BCUT2D eigenvalue weighted by Gasteiger charge is 2.18. The van der Waals surface area contributed by atoms with E-state index in [-0.39, 0.29) is 17.6 Å². The molecule has 1 aromatic heterocycles. The molecule has 0 radical (unpaired) electrons. The van der Waals surface area contributed by atoms with E-state index in [2.05, 4.69) is 10.3 Å². The minimum Gasteiger partial charge on any atom is -0.439 e. The predicted octanol–water partition coefficient (Wildman–Crippen LogP) is 3.00. The summed E-state index contributed by atoms with van der Waals surface area (Å²) in [5.41, 5.74) is 6.72. The number of carbonyl (C=O) groups excluding carboxylic acids is 1. The number of carbonyl (C=O) groups is 1. The van der Waals surface area contributed by atoms with Crippen LogP contribution in [0.15, 0.2) is 42.6 Å². The second-order valence-electron chi connectivity index (χ2n) is 5.69. The van der Waals surface area contributed by atoms with Gasteiger partial charge in [0, 0.05) is 18.8 Å². The Labute approximate surface area is 141 Å². The van der Waals surface area contributed by atoms with Crippen molar-refractivity contribution < 1.29 is 13.9 Å². The van der Waals surface area contributed by atoms with E-state index in [1.54, 1.807) is 18.3 Å². The normalized spacial score (nSPS) is 13.2. The van der Waals surface area contributed by atoms with E-state index in [9.17, 15) is 9.18 Å². The molecule has 1 heterocycles. The number of nitrogens with two attached hydrogens (primary N) is 1. The van der Waals surface area contributed by atoms with Crippen molar-refractivity contribution in [2.45, 2.75) is 32.9 Å². The predicted molar refractivity (Wildman–Crippen MR) is 90.0 cm³/mol. The van der Waals surface area contributed by atoms with Crippen molar-refractivity contribution in [3.63, 3.8) is 0 Å². The fourth-order valence-corrected chi connectivity index (χ4v) is 2.02. The summed E-state index contributed by atoms with van der Waals surface area (Å²) >= 11 is 0. The fourth-order valence-electron chi connectivity index (χ4n) is 2.02. The van der Waals surface area contributed by atoms with Crippen LogP contribution in [0.25, 0.3) is 0 Å². The molecule has 0 fully saturated rings. The monoisotopic (exact) mass is 331 g/mol. The van der Waals surface area contributed by atoms with Crippen LogP contribution in [-0.2, 0) is 11.3 Å². The number of nitrogens with zero attached hydrogens (tertiary/aromatic N) is 1. The van der Waals surface area contributed by atoms with E-state index in [1.165, 1.54) is 24.3 Å². The third-order valence-electron chi connectivity index (χ3n) is 3.86. The molecule has 0 bridgehead atoms. The van der Waals surface area contributed by atoms with Crippen molar-refractivity contribution in [1.82, 2.24) is 10.3 Å². The van der Waals surface area contributed by atoms with E-state index in [4.69, 9.17) is 10.5 Å². The summed E-state index contributed by atoms with van der Waals surface area (Å²) in [6.45, 7) is 4.31. The standard InChI is InChI=1S/C18H22FN3O2/c1-3-12(2)17(20)18(23)22-11-13-4-9-16(21-10-13)24-15-7-5-14(19)6-8-15/h4-10,12,17H,3,11,20H2,1-2H3,(H,22,23). The number of ether oxygens (including phenoxy) is 1. The summed E-state index contributed by atoms with van der Waals surface area (Å²) in [4.78, 5) is 16.1. The van der Waals surface area contributed by atoms with Crippen molar-refractivity contribution in [1.29, 1.82) is 0 Å². The maximum absolute atomic E-state index is 12.8. The Morgan fingerprint density at radius 1 is 1.29 bits per heavy atom. The van der Waals surface area contributed by atoms with E-state index >= 15 is 0 Å². The van der Waals surface area contributed by atoms with Gasteiger partial charge in [-0.15, -0.1) is 0 Å². The maximum Gasteiger partial charge on any atom is 0.237 e. The van der Waals surface area contributed by atoms with Gasteiger partial charge in [-0.3, -0.25) is 4.79 Å². The minimum absolute atomic E-state index is 0.134. The lowest BCUT2D eigenvalue weighted by Crippen LogP contribution is -2.44. The van der Waals surface area contributed by atoms with Gasteiger partial charge < -0.3 is 15.8 Å². The average molecular weight is 331 g/mol. The van der Waals surface area contributed by atoms with Crippen LogP contribution in [0.5, 0.6) is 11.6 Å². The van der Waals surface area contributed by atoms with E-state index in [0.29, 0.717) is 18.2 Å². The highest BCUT2D eigenvalue weighted by Crippen LogP contribution is 2.19. The number of hydrogen-bond acceptors (Lipinski definition) is 4. The topological polar surface area (TPSA) is 77.2 Å². The summed E-state index contributed by atoms with van der Waals surface area (Å²) < 4.78 is 18.4. The molecule has 2 unspecified atom stereocenters. The van der Waals surface area contributed by atoms with E-state index in [0.717, 1.165) is 12.0 Å². The van der Waals surface area contributed by atoms with Gasteiger partial charge in [0.25, 0.3) is 0 Å². The van der Waals surface area contributed by atoms with Gasteiger partial charge in [-0.2, -0.15) is 0 Å². The molecule has 0 saturated heterocycles. The third-order valence-corrected chi connectivity index (χ3v) is 3.86. The smallest absolute Gasteiger partial charge is 0.237 e. The van der Waals surface area contributed by atoms with Crippen LogP contribution in [-0.4, -0.2) is 16.9 Å². The molecular formula is C18H22FN3O2. The third kappa shape index (κ3) is 5.03. The van der Waals surface area contributed by atoms with Crippen molar-refractivity contribution >= 4 is 5.91 Å². The van der Waals surface area contributed by atoms with Gasteiger partial charge in [0.15, 0.2) is 0 Å². The van der Waals surface area contributed by atoms with Crippen LogP contribution in [0.2, 0.25) is 0 Å². The van der Waals surface area contributed by atoms with Crippen LogP contribution in [0.4, 0.5) is 4.39 Å². The SMILES string of the molecule is CCC(C)C(N)C(=O)NCc1ccc(Oc2ccc(F)cc2)nc1. The van der Waals surface area contributed by atoms with Crippen LogP contribution in [0.1, 0.15) is 25.8 Å². The number of amides is 1. The number of rotatable bonds is 7. The van der Waals surface area contributed by atoms with Gasteiger partial charge in [0.2, 0.25) is 11.8 Å². The zero-order valence-corrected chi connectivity index (χ0v) is 13.8. The Morgan fingerprint density at radius 2 is 2.00 bits per heavy atom. The van der Waals surface area contributed by atoms with E-state index in [1.807, 2.05) is 13.8 Å². The summed E-state index contributed by atoms with van der Waals surface area (Å²) in [5, 5.41) is 2.80. The summed E-state index contributed by atoms with van der Waals surface area (Å²) in [6.07, 6.45) is 2.47. The molecule has 0 aliphatic rings. The molecule has 6 heteroatoms. The largest absolute Gasteiger partial charge is 0.439 e. The van der Waals surface area contributed by atoms with Gasteiger partial charge in [0.1, 0.15) is 11.6 Å². The van der Waals surface area contributed by atoms with Gasteiger partial charge in [-0.1, -0.05) is 26.3 Å². The first-order valence-electron chi connectivity index (χ1n) is 7.91. The first-order chi connectivity index (χ1) is 11.5. The van der Waals surface area contributed by atoms with Gasteiger partial charge >= 0.3 is 0 Å². The lowest BCUT2D eigenvalue weighted by molar-refractivity contribution is -0.123. The Bertz CT molecular complexity index is 659. The maximum atomic E-state index is 12.8. The first-order valence-corrected chi connectivity index (χ1v) is 7.91. The number of pyridine rings is 1. The van der Waals surface area contributed by atoms with Crippen LogP contribution >= 0.6 is 0 Å². The summed E-state index contributed by atoms with van der Waals surface area (Å²) in [7, 11) is 0. The average Bonchev–Trinajstić information content (AvgIpc) is 2.61. The zero-order chi connectivity index (χ0) is 17.5. The molecule has 2 rings (SSSR count). The lowest BCUT2D eigenvalue weighted by atomic mass is 9.99. The molecule has 5 nitrogen and oxygen atoms in total. The van der Waals surface area contributed by atoms with Gasteiger partial charge in [-0.25, -0.2) is 9.37 Å². The van der Waals surface area contributed by atoms with Gasteiger partial charge in [-0.05, 0) is 35.7 Å². The minimum atomic E-state index is -0.510. The van der Waals surface area contributed by atoms with Crippen molar-refractivity contribution in [3.05, 3.63) is 54.0 Å². The number of benzene rings is 1. The fraction of sp³-hybridized carbons (Fsp3) is 0.333. The Kier molecular flexibility index (Phi) is 6.26. The summed E-state index contributed by atoms with van der Waals surface area (Å²) in [6, 6.07) is 8.69. The molecule has 0 saturated carbocycles. The molecule has 3 N–H and O–H groups in total. The molecule has 2 atom stereocenters. The number of hydrogen-bond donors (Lipinski definition) is 2. The molecule has 0 spiro atoms. The molecule has 24 heavy (non-hydrogen) atoms. The van der Waals surface area contributed by atoms with Crippen molar-refractivity contribution in [2.75, 3.05) is 0 Å². The van der Waals surface area contributed by atoms with Crippen molar-refractivity contribution in [3.8, 4) is 11.6 Å². The second kappa shape index (κ2) is 8.40. The zero-order valence-electron chi connectivity index (χ0n) is 13.8. The first kappa shape index (κ1) is 17.9. The molecule has 1 aromatic carbocycles. The highest BCUT2D eigenvalue weighted by molar-refractivity contribution is 5.81. The van der Waals surface area contributed by atoms with Gasteiger partial charge in [0.05, 0.1) is 6.04 Å².